The quantitative estimate of drug-likeness (QED) is 0.466. The van der Waals surface area contributed by atoms with Gasteiger partial charge in [0.15, 0.2) is 0 Å². The molecule has 0 saturated carbocycles. The highest BCUT2D eigenvalue weighted by Gasteiger charge is 2.37. The molecular weight excluding hydrogens is 390 g/mol. The molecular formula is C22H31NO5S. The van der Waals surface area contributed by atoms with Gasteiger partial charge in [-0.3, -0.25) is 9.08 Å². The smallest absolute Gasteiger partial charge is 0.415 e. The molecule has 2 atom stereocenters. The first-order chi connectivity index (χ1) is 13.5. The Balaban J connectivity index is 2.08. The van der Waals surface area contributed by atoms with E-state index in [1.165, 1.54) is 4.90 Å². The molecule has 0 aliphatic carbocycles. The van der Waals surface area contributed by atoms with Crippen LogP contribution in [0.2, 0.25) is 0 Å². The lowest BCUT2D eigenvalue weighted by atomic mass is 10.1. The fourth-order valence-electron chi connectivity index (χ4n) is 3.16. The maximum Gasteiger partial charge on any atom is 0.415 e. The standard InChI is InChI=1S/C22H31NO5S/c1-6-10-17(2)11-9-14-29(25,26)27-16-19-15-18-12-7-8-13-20(18)23(19)21(24)28-22(3,4)5/h6-10,12-14,17,19H,11,15-16H2,1-5H3/b10-6-,14-9+/t17?,19-/m0/s1. The summed E-state index contributed by atoms with van der Waals surface area (Å²) in [5.74, 6) is 0.249. The van der Waals surface area contributed by atoms with Crippen LogP contribution in [0, 0.1) is 5.92 Å². The van der Waals surface area contributed by atoms with Crippen LogP contribution in [0.1, 0.15) is 46.6 Å². The normalized spacial score (nSPS) is 18.4. The largest absolute Gasteiger partial charge is 0.443 e. The average Bonchev–Trinajstić information content (AvgIpc) is 2.97. The molecule has 6 nitrogen and oxygen atoms in total. The molecule has 1 unspecified atom stereocenters. The Morgan fingerprint density at radius 3 is 2.66 bits per heavy atom. The van der Waals surface area contributed by atoms with Gasteiger partial charge in [0, 0.05) is 0 Å². The minimum atomic E-state index is -3.83. The third kappa shape index (κ3) is 7.01. The van der Waals surface area contributed by atoms with E-state index in [0.29, 0.717) is 12.8 Å². The number of ether oxygens (including phenoxy) is 1. The van der Waals surface area contributed by atoms with Crippen molar-refractivity contribution in [3.63, 3.8) is 0 Å². The van der Waals surface area contributed by atoms with Gasteiger partial charge in [0.05, 0.1) is 23.7 Å². The number of nitrogens with zero attached hydrogens (tertiary/aromatic N) is 1. The highest BCUT2D eigenvalue weighted by molar-refractivity contribution is 7.89. The van der Waals surface area contributed by atoms with Crippen LogP contribution in [0.25, 0.3) is 0 Å². The molecule has 0 bridgehead atoms. The molecule has 1 heterocycles. The van der Waals surface area contributed by atoms with Crippen LogP contribution >= 0.6 is 0 Å². The molecule has 29 heavy (non-hydrogen) atoms. The molecule has 0 spiro atoms. The van der Waals surface area contributed by atoms with Gasteiger partial charge in [-0.25, -0.2) is 4.79 Å². The summed E-state index contributed by atoms with van der Waals surface area (Å²) in [6.45, 7) is 9.18. The summed E-state index contributed by atoms with van der Waals surface area (Å²) in [5, 5.41) is 1.09. The summed E-state index contributed by atoms with van der Waals surface area (Å²) in [6, 6.07) is 7.03. The third-order valence-corrected chi connectivity index (χ3v) is 5.37. The molecule has 7 heteroatoms. The molecule has 0 fully saturated rings. The molecule has 0 N–H and O–H groups in total. The summed E-state index contributed by atoms with van der Waals surface area (Å²) in [5.41, 5.74) is 1.03. The fraction of sp³-hybridized carbons (Fsp3) is 0.500. The number of rotatable bonds is 7. The van der Waals surface area contributed by atoms with E-state index in [2.05, 4.69) is 0 Å². The molecule has 160 valence electrons. The highest BCUT2D eigenvalue weighted by atomic mass is 32.2. The molecule has 2 rings (SSSR count). The maximum absolute atomic E-state index is 12.7. The predicted molar refractivity (Wildman–Crippen MR) is 115 cm³/mol. The van der Waals surface area contributed by atoms with Gasteiger partial charge in [-0.15, -0.1) is 0 Å². The van der Waals surface area contributed by atoms with E-state index in [-0.39, 0.29) is 12.5 Å². The first-order valence-electron chi connectivity index (χ1n) is 9.81. The summed E-state index contributed by atoms with van der Waals surface area (Å²) in [6.07, 6.45) is 6.14. The lowest BCUT2D eigenvalue weighted by Gasteiger charge is -2.28. The minimum absolute atomic E-state index is 0.134. The second-order valence-electron chi connectivity index (χ2n) is 8.22. The zero-order chi connectivity index (χ0) is 21.7. The molecule has 1 amide bonds. The maximum atomic E-state index is 12.7. The van der Waals surface area contributed by atoms with E-state index in [9.17, 15) is 13.2 Å². The molecule has 0 radical (unpaired) electrons. The van der Waals surface area contributed by atoms with Crippen molar-refractivity contribution in [3.05, 3.63) is 53.5 Å². The van der Waals surface area contributed by atoms with Crippen molar-refractivity contribution in [2.24, 2.45) is 5.92 Å². The number of benzene rings is 1. The second kappa shape index (κ2) is 9.59. The molecule has 0 aromatic heterocycles. The molecule has 0 saturated heterocycles. The van der Waals surface area contributed by atoms with Gasteiger partial charge in [0.1, 0.15) is 5.60 Å². The van der Waals surface area contributed by atoms with Gasteiger partial charge < -0.3 is 4.74 Å². The molecule has 1 aliphatic heterocycles. The van der Waals surface area contributed by atoms with Crippen LogP contribution in [0.4, 0.5) is 10.5 Å². The number of anilines is 1. The Labute approximate surface area is 174 Å². The van der Waals surface area contributed by atoms with Gasteiger partial charge in [-0.1, -0.05) is 43.4 Å². The van der Waals surface area contributed by atoms with Gasteiger partial charge >= 0.3 is 6.09 Å². The first-order valence-corrected chi connectivity index (χ1v) is 11.3. The number of hydrogen-bond donors (Lipinski definition) is 0. The number of fused-ring (bicyclic) bond motifs is 1. The van der Waals surface area contributed by atoms with Crippen LogP contribution in [-0.2, 0) is 25.5 Å². The lowest BCUT2D eigenvalue weighted by Crippen LogP contribution is -2.43. The Kier molecular flexibility index (Phi) is 7.66. The number of allylic oxidation sites excluding steroid dienone is 3. The van der Waals surface area contributed by atoms with Crippen molar-refractivity contribution in [1.82, 2.24) is 0 Å². The Morgan fingerprint density at radius 2 is 2.00 bits per heavy atom. The van der Waals surface area contributed by atoms with Gasteiger partial charge in [0.2, 0.25) is 0 Å². The zero-order valence-electron chi connectivity index (χ0n) is 17.8. The second-order valence-corrected chi connectivity index (χ2v) is 9.72. The highest BCUT2D eigenvalue weighted by Crippen LogP contribution is 2.33. The van der Waals surface area contributed by atoms with E-state index >= 15 is 0 Å². The van der Waals surface area contributed by atoms with Crippen molar-refractivity contribution in [3.8, 4) is 0 Å². The summed E-state index contributed by atoms with van der Waals surface area (Å²) >= 11 is 0. The zero-order valence-corrected chi connectivity index (χ0v) is 18.6. The number of carbonyl (C=O) groups excluding carboxylic acids is 1. The van der Waals surface area contributed by atoms with Crippen molar-refractivity contribution >= 4 is 21.9 Å². The van der Waals surface area contributed by atoms with E-state index in [4.69, 9.17) is 8.92 Å². The number of para-hydroxylation sites is 1. The lowest BCUT2D eigenvalue weighted by molar-refractivity contribution is 0.0560. The van der Waals surface area contributed by atoms with Gasteiger partial charge in [0.25, 0.3) is 10.1 Å². The number of amides is 1. The van der Waals surface area contributed by atoms with Crippen molar-refractivity contribution in [2.75, 3.05) is 11.5 Å². The predicted octanol–water partition coefficient (Wildman–Crippen LogP) is 4.82. The topological polar surface area (TPSA) is 72.9 Å². The average molecular weight is 422 g/mol. The summed E-state index contributed by atoms with van der Waals surface area (Å²) < 4.78 is 35.2. The van der Waals surface area contributed by atoms with E-state index in [1.807, 2.05) is 50.3 Å². The molecule has 1 aromatic carbocycles. The Morgan fingerprint density at radius 1 is 1.31 bits per heavy atom. The third-order valence-electron chi connectivity index (χ3n) is 4.38. The summed E-state index contributed by atoms with van der Waals surface area (Å²) in [4.78, 5) is 14.2. The van der Waals surface area contributed by atoms with Crippen LogP contribution in [0.3, 0.4) is 0 Å². The Hall–Kier alpha value is -2.12. The molecule has 1 aliphatic rings. The van der Waals surface area contributed by atoms with Crippen LogP contribution in [-0.4, -0.2) is 32.8 Å². The Bertz CT molecular complexity index is 867. The van der Waals surface area contributed by atoms with E-state index < -0.39 is 27.9 Å². The van der Waals surface area contributed by atoms with Gasteiger partial charge in [-0.2, -0.15) is 8.42 Å². The van der Waals surface area contributed by atoms with Crippen molar-refractivity contribution < 1.29 is 22.1 Å². The number of hydrogen-bond acceptors (Lipinski definition) is 5. The van der Waals surface area contributed by atoms with Crippen LogP contribution in [0.5, 0.6) is 0 Å². The number of carbonyl (C=O) groups is 1. The fourth-order valence-corrected chi connectivity index (χ4v) is 3.93. The summed E-state index contributed by atoms with van der Waals surface area (Å²) in [7, 11) is -3.83. The van der Waals surface area contributed by atoms with Crippen molar-refractivity contribution in [1.29, 1.82) is 0 Å². The van der Waals surface area contributed by atoms with Crippen molar-refractivity contribution in [2.45, 2.75) is 59.1 Å². The molecule has 1 aromatic rings. The monoisotopic (exact) mass is 421 g/mol. The first kappa shape index (κ1) is 23.2. The van der Waals surface area contributed by atoms with Crippen LogP contribution in [0.15, 0.2) is 47.9 Å². The van der Waals surface area contributed by atoms with E-state index in [0.717, 1.165) is 16.7 Å². The minimum Gasteiger partial charge on any atom is -0.443 e. The van der Waals surface area contributed by atoms with Crippen LogP contribution < -0.4 is 4.90 Å². The van der Waals surface area contributed by atoms with E-state index in [1.54, 1.807) is 26.8 Å². The SMILES string of the molecule is C/C=C\C(C)C/C=C/S(=O)(=O)OC[C@@H]1Cc2ccccc2N1C(=O)OC(C)(C)C. The van der Waals surface area contributed by atoms with Gasteiger partial charge in [-0.05, 0) is 58.1 Å².